The van der Waals surface area contributed by atoms with Crippen LogP contribution in [0.1, 0.15) is 43.2 Å². The Bertz CT molecular complexity index is 1050. The van der Waals surface area contributed by atoms with Gasteiger partial charge >= 0.3 is 5.97 Å². The third-order valence-corrected chi connectivity index (χ3v) is 6.26. The molecule has 0 unspecified atom stereocenters. The van der Waals surface area contributed by atoms with Crippen LogP contribution in [0.15, 0.2) is 48.0 Å². The highest BCUT2D eigenvalue weighted by molar-refractivity contribution is 7.13. The predicted molar refractivity (Wildman–Crippen MR) is 119 cm³/mol. The first-order valence-corrected chi connectivity index (χ1v) is 11.2. The molecule has 6 nitrogen and oxygen atoms in total. The number of ether oxygens (including phenoxy) is 3. The summed E-state index contributed by atoms with van der Waals surface area (Å²) in [6, 6.07) is 11.6. The van der Waals surface area contributed by atoms with Crippen molar-refractivity contribution in [2.24, 2.45) is 0 Å². The van der Waals surface area contributed by atoms with Gasteiger partial charge in [-0.2, -0.15) is 0 Å². The number of aryl methyl sites for hydroxylation is 1. The van der Waals surface area contributed by atoms with Crippen LogP contribution in [0.25, 0.3) is 10.6 Å². The normalized spacial score (nSPS) is 15.9. The van der Waals surface area contributed by atoms with Gasteiger partial charge in [0.2, 0.25) is 6.29 Å². The lowest BCUT2D eigenvalue weighted by Crippen LogP contribution is -2.23. The second-order valence-electron chi connectivity index (χ2n) is 7.47. The van der Waals surface area contributed by atoms with Gasteiger partial charge in [-0.15, -0.1) is 11.3 Å². The van der Waals surface area contributed by atoms with Crippen LogP contribution in [0, 0.1) is 0 Å². The highest BCUT2D eigenvalue weighted by Gasteiger charge is 2.25. The van der Waals surface area contributed by atoms with E-state index in [4.69, 9.17) is 19.3 Å². The van der Waals surface area contributed by atoms with Crippen molar-refractivity contribution in [3.05, 3.63) is 59.1 Å². The van der Waals surface area contributed by atoms with Gasteiger partial charge in [0.15, 0.2) is 11.5 Å². The van der Waals surface area contributed by atoms with Crippen LogP contribution >= 0.6 is 11.3 Å². The molecule has 3 aromatic rings. The van der Waals surface area contributed by atoms with Gasteiger partial charge in [-0.05, 0) is 60.2 Å². The molecule has 0 radical (unpaired) electrons. The van der Waals surface area contributed by atoms with E-state index < -0.39 is 12.3 Å². The number of carbonyl (C=O) groups is 1. The molecular weight excluding hydrogens is 414 g/mol. The average Bonchev–Trinajstić information content (AvgIpc) is 3.43. The van der Waals surface area contributed by atoms with Gasteiger partial charge in [0.05, 0.1) is 13.5 Å². The summed E-state index contributed by atoms with van der Waals surface area (Å²) < 4.78 is 17.8. The van der Waals surface area contributed by atoms with Crippen molar-refractivity contribution in [1.82, 2.24) is 4.98 Å². The topological polar surface area (TPSA) is 77.9 Å². The molecule has 0 amide bonds. The number of carboxylic acid groups (broad SMARTS) is 1. The summed E-state index contributed by atoms with van der Waals surface area (Å²) >= 11 is 1.57. The summed E-state index contributed by atoms with van der Waals surface area (Å²) in [6.07, 6.45) is 3.85. The second kappa shape index (κ2) is 9.39. The smallest absolute Gasteiger partial charge is 0.303 e. The Hall–Kier alpha value is -3.06. The van der Waals surface area contributed by atoms with E-state index in [1.54, 1.807) is 24.6 Å². The first-order valence-electron chi connectivity index (χ1n) is 10.3. The fourth-order valence-corrected chi connectivity index (χ4v) is 4.56. The van der Waals surface area contributed by atoms with E-state index in [9.17, 15) is 4.79 Å². The molecule has 7 heteroatoms. The van der Waals surface area contributed by atoms with Crippen molar-refractivity contribution in [3.63, 3.8) is 0 Å². The van der Waals surface area contributed by atoms with Gasteiger partial charge in [0, 0.05) is 23.6 Å². The van der Waals surface area contributed by atoms with Crippen molar-refractivity contribution < 1.29 is 24.1 Å². The maximum Gasteiger partial charge on any atom is 0.303 e. The molecule has 0 aliphatic heterocycles. The van der Waals surface area contributed by atoms with E-state index in [1.165, 1.54) is 0 Å². The molecule has 0 saturated heterocycles. The van der Waals surface area contributed by atoms with Gasteiger partial charge in [-0.25, -0.2) is 4.98 Å². The Balaban J connectivity index is 1.47. The molecule has 1 N–H and O–H groups in total. The maximum absolute atomic E-state index is 11.1. The van der Waals surface area contributed by atoms with Crippen LogP contribution in [0.3, 0.4) is 0 Å². The number of methoxy groups -OCH3 is 1. The number of rotatable bonds is 9. The number of thiazole rings is 1. The lowest BCUT2D eigenvalue weighted by Gasteiger charge is -2.21. The van der Waals surface area contributed by atoms with Crippen molar-refractivity contribution in [2.75, 3.05) is 7.11 Å². The molecule has 0 bridgehead atoms. The van der Waals surface area contributed by atoms with E-state index in [-0.39, 0.29) is 12.3 Å². The molecule has 162 valence electrons. The zero-order chi connectivity index (χ0) is 21.8. The number of aromatic nitrogens is 1. The number of benzene rings is 2. The molecule has 4 rings (SSSR count). The van der Waals surface area contributed by atoms with Crippen LogP contribution in [0.2, 0.25) is 0 Å². The lowest BCUT2D eigenvalue weighted by molar-refractivity contribution is -0.137. The van der Waals surface area contributed by atoms with Crippen molar-refractivity contribution in [3.8, 4) is 27.8 Å². The predicted octanol–water partition coefficient (Wildman–Crippen LogP) is 5.52. The zero-order valence-electron chi connectivity index (χ0n) is 17.5. The minimum absolute atomic E-state index is 0.0837. The van der Waals surface area contributed by atoms with Crippen molar-refractivity contribution >= 4 is 17.3 Å². The highest BCUT2D eigenvalue weighted by atomic mass is 32.1. The van der Waals surface area contributed by atoms with E-state index >= 15 is 0 Å². The fraction of sp³-hybridized carbons (Fsp3) is 0.333. The summed E-state index contributed by atoms with van der Waals surface area (Å²) in [4.78, 5) is 15.4. The lowest BCUT2D eigenvalue weighted by atomic mass is 9.98. The molecule has 0 fully saturated rings. The van der Waals surface area contributed by atoms with Gasteiger partial charge in [-0.3, -0.25) is 4.79 Å². The summed E-state index contributed by atoms with van der Waals surface area (Å²) in [5, 5.41) is 12.0. The molecule has 0 spiro atoms. The SMILES string of the molecule is CC[C@@H](Oc1ccc2c(c1)CC[C@H]2CC(=O)O)Oc1ccc(-c2nccs2)cc1OC. The first-order chi connectivity index (χ1) is 15.1. The summed E-state index contributed by atoms with van der Waals surface area (Å²) in [6.45, 7) is 2.00. The van der Waals surface area contributed by atoms with Gasteiger partial charge in [-0.1, -0.05) is 13.0 Å². The maximum atomic E-state index is 11.1. The molecule has 1 aliphatic carbocycles. The van der Waals surface area contributed by atoms with E-state index in [2.05, 4.69) is 4.98 Å². The zero-order valence-corrected chi connectivity index (χ0v) is 18.4. The number of fused-ring (bicyclic) bond motifs is 1. The van der Waals surface area contributed by atoms with Crippen molar-refractivity contribution in [2.45, 2.75) is 44.8 Å². The molecule has 2 atom stereocenters. The minimum Gasteiger partial charge on any atom is -0.493 e. The number of hydrogen-bond donors (Lipinski definition) is 1. The molecule has 1 heterocycles. The summed E-state index contributed by atoms with van der Waals surface area (Å²) in [5.41, 5.74) is 3.25. The number of aliphatic carboxylic acids is 1. The van der Waals surface area contributed by atoms with E-state index in [1.807, 2.05) is 48.7 Å². The molecule has 31 heavy (non-hydrogen) atoms. The minimum atomic E-state index is -0.757. The Morgan fingerprint density at radius 2 is 2.10 bits per heavy atom. The third kappa shape index (κ3) is 4.82. The standard InChI is InChI=1S/C24H25NO5S/c1-3-23(29-18-7-8-19-15(12-18)4-5-16(19)14-22(26)27)30-20-9-6-17(13-21(20)28-2)24-25-10-11-31-24/h6-13,16,23H,3-5,14H2,1-2H3,(H,26,27)/t16-,23-/m0/s1. The molecule has 0 saturated carbocycles. The van der Waals surface area contributed by atoms with E-state index in [0.29, 0.717) is 17.9 Å². The average molecular weight is 440 g/mol. The van der Waals surface area contributed by atoms with Gasteiger partial charge < -0.3 is 19.3 Å². The quantitative estimate of drug-likeness (QED) is 0.443. The molecule has 1 aliphatic rings. The van der Waals surface area contributed by atoms with Crippen LogP contribution in [0.5, 0.6) is 17.2 Å². The Labute approximate surface area is 185 Å². The van der Waals surface area contributed by atoms with Crippen LogP contribution in [0.4, 0.5) is 0 Å². The number of carboxylic acids is 1. The van der Waals surface area contributed by atoms with Crippen LogP contribution in [-0.2, 0) is 11.2 Å². The molecule has 1 aromatic heterocycles. The van der Waals surface area contributed by atoms with Gasteiger partial charge in [0.25, 0.3) is 0 Å². The van der Waals surface area contributed by atoms with Crippen LogP contribution < -0.4 is 14.2 Å². The van der Waals surface area contributed by atoms with Crippen molar-refractivity contribution in [1.29, 1.82) is 0 Å². The summed E-state index contributed by atoms with van der Waals surface area (Å²) in [7, 11) is 1.61. The number of nitrogens with zero attached hydrogens (tertiary/aromatic N) is 1. The third-order valence-electron chi connectivity index (χ3n) is 5.44. The monoisotopic (exact) mass is 439 g/mol. The summed E-state index contributed by atoms with van der Waals surface area (Å²) in [5.74, 6) is 1.28. The van der Waals surface area contributed by atoms with Gasteiger partial charge in [0.1, 0.15) is 10.8 Å². The van der Waals surface area contributed by atoms with Crippen LogP contribution in [-0.4, -0.2) is 29.5 Å². The Morgan fingerprint density at radius 1 is 1.23 bits per heavy atom. The first kappa shape index (κ1) is 21.2. The molecular formula is C24H25NO5S. The Kier molecular flexibility index (Phi) is 6.42. The highest BCUT2D eigenvalue weighted by Crippen LogP contribution is 2.38. The Morgan fingerprint density at radius 3 is 2.81 bits per heavy atom. The molecule has 2 aromatic carbocycles. The second-order valence-corrected chi connectivity index (χ2v) is 8.37. The fourth-order valence-electron chi connectivity index (χ4n) is 3.93. The van der Waals surface area contributed by atoms with E-state index in [0.717, 1.165) is 40.3 Å². The number of hydrogen-bond acceptors (Lipinski definition) is 6. The largest absolute Gasteiger partial charge is 0.493 e.